The van der Waals surface area contributed by atoms with Gasteiger partial charge in [0.05, 0.1) is 0 Å². The van der Waals surface area contributed by atoms with Gasteiger partial charge in [-0.3, -0.25) is 13.9 Å². The summed E-state index contributed by atoms with van der Waals surface area (Å²) in [4.78, 5) is 31.4. The van der Waals surface area contributed by atoms with Crippen molar-refractivity contribution in [3.63, 3.8) is 0 Å². The average Bonchev–Trinajstić information content (AvgIpc) is 2.89. The summed E-state index contributed by atoms with van der Waals surface area (Å²) in [7, 11) is 3.09. The number of aryl methyl sites for hydroxylation is 1. The van der Waals surface area contributed by atoms with Crippen molar-refractivity contribution in [1.82, 2.24) is 19.1 Å². The summed E-state index contributed by atoms with van der Waals surface area (Å²) in [5, 5.41) is 3.35. The standard InChI is InChI=1S/C14H21N5O2/c1-8-4-6-9(7-5-8)15-13-16-10-11(17-13)18(2)14(21)19(3)12(10)20/h8-9H,4-7H2,1-3H3,(H2,15,16,17). The minimum absolute atomic E-state index is 0.342. The topological polar surface area (TPSA) is 84.7 Å². The molecule has 2 aromatic rings. The Morgan fingerprint density at radius 1 is 1.14 bits per heavy atom. The van der Waals surface area contributed by atoms with E-state index in [2.05, 4.69) is 22.2 Å². The van der Waals surface area contributed by atoms with Crippen molar-refractivity contribution >= 4 is 17.1 Å². The van der Waals surface area contributed by atoms with Crippen LogP contribution in [0.1, 0.15) is 32.6 Å². The van der Waals surface area contributed by atoms with Gasteiger partial charge in [0.1, 0.15) is 0 Å². The molecule has 114 valence electrons. The Morgan fingerprint density at radius 3 is 2.48 bits per heavy atom. The van der Waals surface area contributed by atoms with Crippen molar-refractivity contribution in [2.45, 2.75) is 38.6 Å². The third kappa shape index (κ3) is 2.36. The lowest BCUT2D eigenvalue weighted by molar-refractivity contribution is 0.360. The third-order valence-electron chi connectivity index (χ3n) is 4.45. The molecule has 0 bridgehead atoms. The lowest BCUT2D eigenvalue weighted by atomic mass is 9.87. The highest BCUT2D eigenvalue weighted by Gasteiger charge is 2.20. The molecule has 3 rings (SSSR count). The molecule has 0 amide bonds. The van der Waals surface area contributed by atoms with Gasteiger partial charge in [-0.2, -0.15) is 4.98 Å². The highest BCUT2D eigenvalue weighted by molar-refractivity contribution is 5.72. The number of hydrogen-bond acceptors (Lipinski definition) is 4. The molecule has 1 aliphatic rings. The van der Waals surface area contributed by atoms with Crippen molar-refractivity contribution in [3.8, 4) is 0 Å². The number of aromatic nitrogens is 4. The molecule has 0 unspecified atom stereocenters. The maximum absolute atomic E-state index is 12.1. The quantitative estimate of drug-likeness (QED) is 0.863. The molecule has 0 spiro atoms. The Kier molecular flexibility index (Phi) is 3.35. The van der Waals surface area contributed by atoms with Gasteiger partial charge in [-0.15, -0.1) is 0 Å². The van der Waals surface area contributed by atoms with Gasteiger partial charge in [-0.1, -0.05) is 6.92 Å². The smallest absolute Gasteiger partial charge is 0.332 e. The number of imidazole rings is 1. The zero-order valence-electron chi connectivity index (χ0n) is 12.6. The van der Waals surface area contributed by atoms with Gasteiger partial charge in [-0.25, -0.2) is 4.79 Å². The van der Waals surface area contributed by atoms with E-state index in [9.17, 15) is 9.59 Å². The highest BCUT2D eigenvalue weighted by atomic mass is 16.2. The summed E-state index contributed by atoms with van der Waals surface area (Å²) in [6.07, 6.45) is 4.63. The van der Waals surface area contributed by atoms with Crippen LogP contribution in [0.3, 0.4) is 0 Å². The molecule has 0 radical (unpaired) electrons. The van der Waals surface area contributed by atoms with Gasteiger partial charge >= 0.3 is 5.69 Å². The van der Waals surface area contributed by atoms with Crippen LogP contribution < -0.4 is 16.6 Å². The Labute approximate surface area is 122 Å². The third-order valence-corrected chi connectivity index (χ3v) is 4.45. The molecule has 21 heavy (non-hydrogen) atoms. The van der Waals surface area contributed by atoms with Crippen LogP contribution in [0.15, 0.2) is 9.59 Å². The number of fused-ring (bicyclic) bond motifs is 1. The second-order valence-electron chi connectivity index (χ2n) is 6.09. The fourth-order valence-corrected chi connectivity index (χ4v) is 2.99. The van der Waals surface area contributed by atoms with Crippen molar-refractivity contribution in [2.24, 2.45) is 20.0 Å². The van der Waals surface area contributed by atoms with Gasteiger partial charge in [0.25, 0.3) is 5.56 Å². The summed E-state index contributed by atoms with van der Waals surface area (Å²) >= 11 is 0. The second kappa shape index (κ2) is 5.05. The molecular formula is C14H21N5O2. The number of aromatic amines is 1. The molecule has 7 nitrogen and oxygen atoms in total. The van der Waals surface area contributed by atoms with E-state index in [0.717, 1.165) is 23.3 Å². The minimum atomic E-state index is -0.364. The van der Waals surface area contributed by atoms with E-state index in [1.807, 2.05) is 0 Å². The minimum Gasteiger partial charge on any atom is -0.353 e. The van der Waals surface area contributed by atoms with Crippen molar-refractivity contribution in [3.05, 3.63) is 20.8 Å². The average molecular weight is 291 g/mol. The SMILES string of the molecule is CC1CCC(Nc2nc3c([nH]2)c(=O)n(C)c(=O)n3C)CC1. The Morgan fingerprint density at radius 2 is 1.81 bits per heavy atom. The van der Waals surface area contributed by atoms with Crippen LogP contribution in [0.2, 0.25) is 0 Å². The highest BCUT2D eigenvalue weighted by Crippen LogP contribution is 2.25. The Hall–Kier alpha value is -2.05. The van der Waals surface area contributed by atoms with E-state index < -0.39 is 0 Å². The van der Waals surface area contributed by atoms with E-state index in [-0.39, 0.29) is 11.2 Å². The largest absolute Gasteiger partial charge is 0.353 e. The van der Waals surface area contributed by atoms with Crippen LogP contribution in [-0.4, -0.2) is 25.1 Å². The molecule has 0 aliphatic heterocycles. The normalized spacial score (nSPS) is 22.6. The molecule has 1 saturated carbocycles. The van der Waals surface area contributed by atoms with Crippen LogP contribution >= 0.6 is 0 Å². The maximum Gasteiger partial charge on any atom is 0.332 e. The molecule has 2 N–H and O–H groups in total. The number of H-pyrrole nitrogens is 1. The molecule has 0 atom stereocenters. The summed E-state index contributed by atoms with van der Waals surface area (Å²) < 4.78 is 2.48. The zero-order chi connectivity index (χ0) is 15.1. The van der Waals surface area contributed by atoms with E-state index in [1.165, 1.54) is 24.5 Å². The Balaban J connectivity index is 1.95. The monoisotopic (exact) mass is 291 g/mol. The van der Waals surface area contributed by atoms with Gasteiger partial charge in [0, 0.05) is 20.1 Å². The van der Waals surface area contributed by atoms with Gasteiger partial charge < -0.3 is 10.3 Å². The molecule has 7 heteroatoms. The van der Waals surface area contributed by atoms with Crippen molar-refractivity contribution in [1.29, 1.82) is 0 Å². The molecule has 0 saturated heterocycles. The van der Waals surface area contributed by atoms with Crippen molar-refractivity contribution in [2.75, 3.05) is 5.32 Å². The fraction of sp³-hybridized carbons (Fsp3) is 0.643. The zero-order valence-corrected chi connectivity index (χ0v) is 12.6. The van der Waals surface area contributed by atoms with Crippen molar-refractivity contribution < 1.29 is 0 Å². The predicted octanol–water partition coefficient (Wildman–Crippen LogP) is 0.951. The first-order chi connectivity index (χ1) is 9.97. The molecule has 0 aromatic carbocycles. The lowest BCUT2D eigenvalue weighted by Gasteiger charge is -2.26. The molecule has 2 heterocycles. The number of hydrogen-bond donors (Lipinski definition) is 2. The number of anilines is 1. The summed E-state index contributed by atoms with van der Waals surface area (Å²) in [6, 6.07) is 0.377. The molecule has 2 aromatic heterocycles. The second-order valence-corrected chi connectivity index (χ2v) is 6.09. The number of rotatable bonds is 2. The molecule has 1 aliphatic carbocycles. The first kappa shape index (κ1) is 13.9. The van der Waals surface area contributed by atoms with E-state index in [0.29, 0.717) is 23.2 Å². The lowest BCUT2D eigenvalue weighted by Crippen LogP contribution is -2.36. The number of nitrogens with one attached hydrogen (secondary N) is 2. The van der Waals surface area contributed by atoms with Crippen LogP contribution in [0.5, 0.6) is 0 Å². The summed E-state index contributed by atoms with van der Waals surface area (Å²) in [5.74, 6) is 1.36. The van der Waals surface area contributed by atoms with E-state index >= 15 is 0 Å². The summed E-state index contributed by atoms with van der Waals surface area (Å²) in [5.41, 5.74) is 0.0593. The van der Waals surface area contributed by atoms with Crippen LogP contribution in [0.25, 0.3) is 11.2 Å². The van der Waals surface area contributed by atoms with Crippen LogP contribution in [-0.2, 0) is 14.1 Å². The first-order valence-electron chi connectivity index (χ1n) is 7.39. The molecular weight excluding hydrogens is 270 g/mol. The summed E-state index contributed by atoms with van der Waals surface area (Å²) in [6.45, 7) is 2.27. The fourth-order valence-electron chi connectivity index (χ4n) is 2.99. The number of nitrogens with zero attached hydrogens (tertiary/aromatic N) is 3. The van der Waals surface area contributed by atoms with Gasteiger partial charge in [0.2, 0.25) is 5.95 Å². The van der Waals surface area contributed by atoms with Crippen LogP contribution in [0.4, 0.5) is 5.95 Å². The predicted molar refractivity (Wildman–Crippen MR) is 81.6 cm³/mol. The van der Waals surface area contributed by atoms with Gasteiger partial charge in [0.15, 0.2) is 11.2 Å². The maximum atomic E-state index is 12.1. The first-order valence-corrected chi connectivity index (χ1v) is 7.39. The van der Waals surface area contributed by atoms with Crippen LogP contribution in [0, 0.1) is 5.92 Å². The Bertz CT molecular complexity index is 777. The van der Waals surface area contributed by atoms with E-state index in [1.54, 1.807) is 7.05 Å². The van der Waals surface area contributed by atoms with Gasteiger partial charge in [-0.05, 0) is 31.6 Å². The molecule has 1 fully saturated rings. The van der Waals surface area contributed by atoms with E-state index in [4.69, 9.17) is 0 Å².